The Balaban J connectivity index is 1.84. The minimum absolute atomic E-state index is 0.0918. The Morgan fingerprint density at radius 2 is 2.07 bits per heavy atom. The molecule has 1 N–H and O–H groups in total. The highest BCUT2D eigenvalue weighted by atomic mass is 35.5. The van der Waals surface area contributed by atoms with Gasteiger partial charge in [-0.1, -0.05) is 11.6 Å². The Labute approximate surface area is 164 Å². The summed E-state index contributed by atoms with van der Waals surface area (Å²) in [7, 11) is 1.50. The van der Waals surface area contributed by atoms with E-state index in [4.69, 9.17) is 16.3 Å². The molecule has 4 rings (SSSR count). The molecule has 144 valence electrons. The van der Waals surface area contributed by atoms with E-state index in [0.29, 0.717) is 36.2 Å². The summed E-state index contributed by atoms with van der Waals surface area (Å²) in [6.45, 7) is 2.67. The molecule has 3 heterocycles. The van der Waals surface area contributed by atoms with Crippen molar-refractivity contribution in [3.8, 4) is 5.75 Å². The molecule has 2 aromatic heterocycles. The van der Waals surface area contributed by atoms with Crippen LogP contribution in [0.15, 0.2) is 33.9 Å². The molecule has 0 aliphatic carbocycles. The Bertz CT molecular complexity index is 1230. The van der Waals surface area contributed by atoms with Crippen LogP contribution < -0.4 is 16.0 Å². The van der Waals surface area contributed by atoms with Crippen LogP contribution >= 0.6 is 11.6 Å². The number of ether oxygens (including phenoxy) is 1. The predicted octanol–water partition coefficient (Wildman–Crippen LogP) is 1.62. The fraction of sp³-hybridized carbons (Fsp3) is 0.263. The van der Waals surface area contributed by atoms with E-state index in [0.717, 1.165) is 5.56 Å². The van der Waals surface area contributed by atoms with Gasteiger partial charge in [0.1, 0.15) is 18.0 Å². The van der Waals surface area contributed by atoms with Crippen LogP contribution in [0.25, 0.3) is 11.0 Å². The molecule has 1 aliphatic heterocycles. The summed E-state index contributed by atoms with van der Waals surface area (Å²) in [6, 6.07) is 6.83. The van der Waals surface area contributed by atoms with Gasteiger partial charge in [0.15, 0.2) is 0 Å². The quantitative estimate of drug-likeness (QED) is 0.669. The second-order valence-electron chi connectivity index (χ2n) is 6.66. The molecule has 0 unspecified atom stereocenters. The fourth-order valence-corrected chi connectivity index (χ4v) is 3.53. The number of rotatable bonds is 1. The van der Waals surface area contributed by atoms with E-state index in [9.17, 15) is 14.4 Å². The van der Waals surface area contributed by atoms with E-state index in [2.05, 4.69) is 9.97 Å². The number of aryl methyl sites for hydroxylation is 2. The maximum absolute atomic E-state index is 13.3. The van der Waals surface area contributed by atoms with Gasteiger partial charge in [-0.3, -0.25) is 19.1 Å². The van der Waals surface area contributed by atoms with E-state index in [1.165, 1.54) is 11.6 Å². The standard InChI is InChI=1S/C19H17ClN4O4/c1-10-7-13(15-16(21-10)23(2)19(27)22-17(15)25)18(26)24-5-6-28-14-4-3-12(20)8-11(14)9-24/h3-4,7-8H,5-6,9H2,1-2H3,(H,22,25,27). The molecule has 9 heteroatoms. The topological polar surface area (TPSA) is 97.3 Å². The lowest BCUT2D eigenvalue weighted by molar-refractivity contribution is 0.0735. The van der Waals surface area contributed by atoms with Gasteiger partial charge in [-0.05, 0) is 31.2 Å². The Kier molecular flexibility index (Phi) is 4.43. The average molecular weight is 401 g/mol. The number of hydrogen-bond donors (Lipinski definition) is 1. The number of benzene rings is 1. The Morgan fingerprint density at radius 3 is 2.86 bits per heavy atom. The first kappa shape index (κ1) is 18.2. The van der Waals surface area contributed by atoms with E-state index in [1.807, 2.05) is 0 Å². The van der Waals surface area contributed by atoms with Crippen molar-refractivity contribution in [2.75, 3.05) is 13.2 Å². The second kappa shape index (κ2) is 6.79. The highest BCUT2D eigenvalue weighted by Gasteiger charge is 2.25. The average Bonchev–Trinajstić information content (AvgIpc) is 2.86. The summed E-state index contributed by atoms with van der Waals surface area (Å²) in [6.07, 6.45) is 0. The van der Waals surface area contributed by atoms with E-state index in [1.54, 1.807) is 36.1 Å². The van der Waals surface area contributed by atoms with Gasteiger partial charge in [-0.2, -0.15) is 0 Å². The first-order chi connectivity index (χ1) is 13.3. The molecule has 0 bridgehead atoms. The summed E-state index contributed by atoms with van der Waals surface area (Å²) in [5, 5.41) is 0.641. The summed E-state index contributed by atoms with van der Waals surface area (Å²) >= 11 is 6.08. The number of halogens is 1. The van der Waals surface area contributed by atoms with Gasteiger partial charge >= 0.3 is 5.69 Å². The molecule has 1 aromatic carbocycles. The lowest BCUT2D eigenvalue weighted by atomic mass is 10.1. The maximum atomic E-state index is 13.3. The van der Waals surface area contributed by atoms with Gasteiger partial charge in [0, 0.05) is 29.9 Å². The minimum Gasteiger partial charge on any atom is -0.491 e. The molecule has 0 radical (unpaired) electrons. The van der Waals surface area contributed by atoms with Crippen molar-refractivity contribution in [2.45, 2.75) is 13.5 Å². The van der Waals surface area contributed by atoms with Crippen molar-refractivity contribution in [1.29, 1.82) is 0 Å². The molecule has 0 spiro atoms. The molecule has 28 heavy (non-hydrogen) atoms. The number of H-pyrrole nitrogens is 1. The van der Waals surface area contributed by atoms with Crippen LogP contribution in [0.2, 0.25) is 5.02 Å². The van der Waals surface area contributed by atoms with Gasteiger partial charge in [0.25, 0.3) is 11.5 Å². The monoisotopic (exact) mass is 400 g/mol. The highest BCUT2D eigenvalue weighted by Crippen LogP contribution is 2.27. The van der Waals surface area contributed by atoms with Gasteiger partial charge in [0.05, 0.1) is 17.5 Å². The molecule has 3 aromatic rings. The third kappa shape index (κ3) is 3.05. The van der Waals surface area contributed by atoms with Crippen molar-refractivity contribution >= 4 is 28.5 Å². The molecule has 0 atom stereocenters. The lowest BCUT2D eigenvalue weighted by Crippen LogP contribution is -2.35. The van der Waals surface area contributed by atoms with Gasteiger partial charge in [0.2, 0.25) is 0 Å². The van der Waals surface area contributed by atoms with Crippen molar-refractivity contribution < 1.29 is 9.53 Å². The normalized spacial score (nSPS) is 13.8. The zero-order valence-corrected chi connectivity index (χ0v) is 16.0. The fourth-order valence-electron chi connectivity index (χ4n) is 3.34. The SMILES string of the molecule is Cc1cc(C(=O)N2CCOc3ccc(Cl)cc3C2)c2c(=O)[nH]c(=O)n(C)c2n1. The number of carbonyl (C=O) groups excluding carboxylic acids is 1. The number of nitrogens with one attached hydrogen (secondary N) is 1. The first-order valence-electron chi connectivity index (χ1n) is 8.66. The third-order valence-corrected chi connectivity index (χ3v) is 4.95. The van der Waals surface area contributed by atoms with E-state index < -0.39 is 11.2 Å². The van der Waals surface area contributed by atoms with Crippen molar-refractivity contribution in [3.05, 3.63) is 66.9 Å². The summed E-state index contributed by atoms with van der Waals surface area (Å²) < 4.78 is 6.93. The Morgan fingerprint density at radius 1 is 1.29 bits per heavy atom. The van der Waals surface area contributed by atoms with Gasteiger partial charge in [-0.15, -0.1) is 0 Å². The van der Waals surface area contributed by atoms with Crippen LogP contribution in [0.4, 0.5) is 0 Å². The maximum Gasteiger partial charge on any atom is 0.329 e. The lowest BCUT2D eigenvalue weighted by Gasteiger charge is -2.21. The predicted molar refractivity (Wildman–Crippen MR) is 104 cm³/mol. The summed E-state index contributed by atoms with van der Waals surface area (Å²) in [5.41, 5.74) is 0.473. The molecule has 1 aliphatic rings. The summed E-state index contributed by atoms with van der Waals surface area (Å²) in [4.78, 5) is 45.8. The van der Waals surface area contributed by atoms with E-state index >= 15 is 0 Å². The summed E-state index contributed by atoms with van der Waals surface area (Å²) in [5.74, 6) is 0.340. The van der Waals surface area contributed by atoms with Gasteiger partial charge in [-0.25, -0.2) is 9.78 Å². The smallest absolute Gasteiger partial charge is 0.329 e. The zero-order chi connectivity index (χ0) is 20.0. The largest absolute Gasteiger partial charge is 0.491 e. The number of carbonyl (C=O) groups is 1. The van der Waals surface area contributed by atoms with Gasteiger partial charge < -0.3 is 9.64 Å². The molecule has 0 saturated heterocycles. The number of fused-ring (bicyclic) bond motifs is 2. The number of pyridine rings is 1. The van der Waals surface area contributed by atoms with Crippen LogP contribution in [-0.2, 0) is 13.6 Å². The zero-order valence-electron chi connectivity index (χ0n) is 15.3. The Hall–Kier alpha value is -3.13. The molecule has 0 fully saturated rings. The second-order valence-corrected chi connectivity index (χ2v) is 7.09. The highest BCUT2D eigenvalue weighted by molar-refractivity contribution is 6.30. The third-order valence-electron chi connectivity index (χ3n) is 4.72. The molecular weight excluding hydrogens is 384 g/mol. The van der Waals surface area contributed by atoms with Crippen molar-refractivity contribution in [3.63, 3.8) is 0 Å². The molecule has 1 amide bonds. The number of aromatic amines is 1. The number of nitrogens with zero attached hydrogens (tertiary/aromatic N) is 3. The molecule has 8 nitrogen and oxygen atoms in total. The molecular formula is C19H17ClN4O4. The minimum atomic E-state index is -0.636. The number of amides is 1. The number of hydrogen-bond acceptors (Lipinski definition) is 5. The van der Waals surface area contributed by atoms with Crippen LogP contribution in [0, 0.1) is 6.92 Å². The van der Waals surface area contributed by atoms with Crippen LogP contribution in [-0.4, -0.2) is 38.5 Å². The van der Waals surface area contributed by atoms with Crippen molar-refractivity contribution in [1.82, 2.24) is 19.4 Å². The van der Waals surface area contributed by atoms with Crippen LogP contribution in [0.5, 0.6) is 5.75 Å². The molecule has 0 saturated carbocycles. The van der Waals surface area contributed by atoms with E-state index in [-0.39, 0.29) is 22.5 Å². The number of aromatic nitrogens is 3. The van der Waals surface area contributed by atoms with Crippen molar-refractivity contribution in [2.24, 2.45) is 7.05 Å². The van der Waals surface area contributed by atoms with Crippen LogP contribution in [0.3, 0.4) is 0 Å². The first-order valence-corrected chi connectivity index (χ1v) is 9.04. The van der Waals surface area contributed by atoms with Crippen LogP contribution in [0.1, 0.15) is 21.6 Å².